The summed E-state index contributed by atoms with van der Waals surface area (Å²) < 4.78 is 5.32. The van der Waals surface area contributed by atoms with Crippen LogP contribution in [-0.4, -0.2) is 27.7 Å². The van der Waals surface area contributed by atoms with Gasteiger partial charge in [0.2, 0.25) is 0 Å². The fraction of sp³-hybridized carbons (Fsp3) is 0.286. The molecule has 5 nitrogen and oxygen atoms in total. The first-order chi connectivity index (χ1) is 9.33. The second kappa shape index (κ2) is 5.14. The van der Waals surface area contributed by atoms with E-state index >= 15 is 0 Å². The molecule has 0 spiro atoms. The van der Waals surface area contributed by atoms with Crippen LogP contribution in [0.2, 0.25) is 0 Å². The molecule has 1 aromatic carbocycles. The van der Waals surface area contributed by atoms with E-state index in [1.807, 2.05) is 30.3 Å². The predicted molar refractivity (Wildman–Crippen MR) is 69.3 cm³/mol. The van der Waals surface area contributed by atoms with Crippen molar-refractivity contribution in [2.45, 2.75) is 19.6 Å². The van der Waals surface area contributed by atoms with E-state index in [-0.39, 0.29) is 6.09 Å². The van der Waals surface area contributed by atoms with Gasteiger partial charge < -0.3 is 9.64 Å². The summed E-state index contributed by atoms with van der Waals surface area (Å²) in [5.41, 5.74) is 3.19. The van der Waals surface area contributed by atoms with Crippen LogP contribution in [0.1, 0.15) is 16.8 Å². The number of amides is 1. The van der Waals surface area contributed by atoms with E-state index in [0.29, 0.717) is 19.7 Å². The Bertz CT molecular complexity index is 565. The number of rotatable bonds is 2. The molecule has 1 amide bonds. The number of H-pyrrole nitrogens is 1. The van der Waals surface area contributed by atoms with Gasteiger partial charge in [0.25, 0.3) is 0 Å². The molecule has 1 N–H and O–H groups in total. The van der Waals surface area contributed by atoms with Crippen molar-refractivity contribution in [3.8, 4) is 0 Å². The number of nitrogens with one attached hydrogen (secondary N) is 1. The Labute approximate surface area is 111 Å². The molecule has 98 valence electrons. The fourth-order valence-corrected chi connectivity index (χ4v) is 2.19. The van der Waals surface area contributed by atoms with Crippen LogP contribution in [0, 0.1) is 0 Å². The SMILES string of the molecule is O=C(OCc1ccccc1)N1CCc2[nH]ncc2C1. The molecule has 0 aliphatic carbocycles. The minimum absolute atomic E-state index is 0.268. The van der Waals surface area contributed by atoms with Gasteiger partial charge in [0.05, 0.1) is 12.7 Å². The van der Waals surface area contributed by atoms with Crippen LogP contribution in [0.15, 0.2) is 36.5 Å². The Morgan fingerprint density at radius 3 is 3.05 bits per heavy atom. The first kappa shape index (κ1) is 11.8. The molecule has 2 heterocycles. The highest BCUT2D eigenvalue weighted by Gasteiger charge is 2.22. The lowest BCUT2D eigenvalue weighted by atomic mass is 10.1. The third-order valence-electron chi connectivity index (χ3n) is 3.26. The number of fused-ring (bicyclic) bond motifs is 1. The molecule has 5 heteroatoms. The molecule has 0 saturated heterocycles. The van der Waals surface area contributed by atoms with Gasteiger partial charge in [0, 0.05) is 24.2 Å². The standard InChI is InChI=1S/C14H15N3O2/c18-14(19-10-11-4-2-1-3-5-11)17-7-6-13-12(9-17)8-15-16-13/h1-5,8H,6-7,9-10H2,(H,15,16). The number of carbonyl (C=O) groups excluding carboxylic acids is 1. The van der Waals surface area contributed by atoms with Crippen LogP contribution in [-0.2, 0) is 24.3 Å². The molecule has 0 radical (unpaired) electrons. The van der Waals surface area contributed by atoms with Gasteiger partial charge in [-0.2, -0.15) is 5.10 Å². The van der Waals surface area contributed by atoms with Gasteiger partial charge in [0.1, 0.15) is 6.61 Å². The third kappa shape index (κ3) is 2.59. The van der Waals surface area contributed by atoms with E-state index in [1.54, 1.807) is 11.1 Å². The molecule has 3 rings (SSSR count). The van der Waals surface area contributed by atoms with E-state index < -0.39 is 0 Å². The molecule has 0 saturated carbocycles. The van der Waals surface area contributed by atoms with Gasteiger partial charge in [-0.25, -0.2) is 4.79 Å². The van der Waals surface area contributed by atoms with Crippen molar-refractivity contribution in [2.24, 2.45) is 0 Å². The Morgan fingerprint density at radius 2 is 2.21 bits per heavy atom. The van der Waals surface area contributed by atoms with Crippen LogP contribution in [0.25, 0.3) is 0 Å². The minimum atomic E-state index is -0.268. The minimum Gasteiger partial charge on any atom is -0.445 e. The highest BCUT2D eigenvalue weighted by molar-refractivity contribution is 5.68. The molecule has 0 unspecified atom stereocenters. The maximum absolute atomic E-state index is 12.0. The van der Waals surface area contributed by atoms with E-state index in [4.69, 9.17) is 4.74 Å². The number of carbonyl (C=O) groups is 1. The normalized spacial score (nSPS) is 14.0. The molecule has 0 fully saturated rings. The Kier molecular flexibility index (Phi) is 3.18. The lowest BCUT2D eigenvalue weighted by Crippen LogP contribution is -2.36. The quantitative estimate of drug-likeness (QED) is 0.896. The summed E-state index contributed by atoms with van der Waals surface area (Å²) in [6.45, 7) is 1.55. The Hall–Kier alpha value is -2.30. The van der Waals surface area contributed by atoms with Gasteiger partial charge in [-0.3, -0.25) is 5.10 Å². The summed E-state index contributed by atoms with van der Waals surface area (Å²) in [5.74, 6) is 0. The highest BCUT2D eigenvalue weighted by atomic mass is 16.6. The van der Waals surface area contributed by atoms with Gasteiger partial charge in [-0.1, -0.05) is 30.3 Å². The number of aromatic nitrogens is 2. The zero-order valence-electron chi connectivity index (χ0n) is 10.5. The monoisotopic (exact) mass is 257 g/mol. The second-order valence-corrected chi connectivity index (χ2v) is 4.59. The molecule has 1 aliphatic rings. The summed E-state index contributed by atoms with van der Waals surface area (Å²) in [4.78, 5) is 13.7. The Morgan fingerprint density at radius 1 is 1.37 bits per heavy atom. The summed E-state index contributed by atoms with van der Waals surface area (Å²) in [5, 5.41) is 6.93. The number of hydrogen-bond donors (Lipinski definition) is 1. The van der Waals surface area contributed by atoms with Crippen LogP contribution in [0.3, 0.4) is 0 Å². The fourth-order valence-electron chi connectivity index (χ4n) is 2.19. The van der Waals surface area contributed by atoms with Gasteiger partial charge in [-0.05, 0) is 5.56 Å². The molecular formula is C14H15N3O2. The maximum atomic E-state index is 12.0. The summed E-state index contributed by atoms with van der Waals surface area (Å²) in [7, 11) is 0. The molecular weight excluding hydrogens is 242 g/mol. The van der Waals surface area contributed by atoms with Crippen molar-refractivity contribution in [1.82, 2.24) is 15.1 Å². The van der Waals surface area contributed by atoms with Crippen molar-refractivity contribution in [1.29, 1.82) is 0 Å². The zero-order chi connectivity index (χ0) is 13.1. The maximum Gasteiger partial charge on any atom is 0.410 e. The molecule has 0 atom stereocenters. The van der Waals surface area contributed by atoms with Crippen molar-refractivity contribution in [3.05, 3.63) is 53.3 Å². The first-order valence-corrected chi connectivity index (χ1v) is 6.29. The molecule has 1 aromatic heterocycles. The average molecular weight is 257 g/mol. The number of aromatic amines is 1. The number of ether oxygens (including phenoxy) is 1. The Balaban J connectivity index is 1.57. The van der Waals surface area contributed by atoms with Crippen LogP contribution < -0.4 is 0 Å². The molecule has 2 aromatic rings. The van der Waals surface area contributed by atoms with E-state index in [9.17, 15) is 4.79 Å². The van der Waals surface area contributed by atoms with Crippen LogP contribution in [0.4, 0.5) is 4.79 Å². The first-order valence-electron chi connectivity index (χ1n) is 6.29. The lowest BCUT2D eigenvalue weighted by Gasteiger charge is -2.25. The topological polar surface area (TPSA) is 58.2 Å². The molecule has 0 bridgehead atoms. The smallest absolute Gasteiger partial charge is 0.410 e. The van der Waals surface area contributed by atoms with E-state index in [2.05, 4.69) is 10.2 Å². The molecule has 19 heavy (non-hydrogen) atoms. The van der Waals surface area contributed by atoms with Gasteiger partial charge in [-0.15, -0.1) is 0 Å². The summed E-state index contributed by atoms with van der Waals surface area (Å²) >= 11 is 0. The molecule has 1 aliphatic heterocycles. The van der Waals surface area contributed by atoms with Crippen molar-refractivity contribution >= 4 is 6.09 Å². The average Bonchev–Trinajstić information content (AvgIpc) is 2.93. The van der Waals surface area contributed by atoms with Crippen LogP contribution in [0.5, 0.6) is 0 Å². The van der Waals surface area contributed by atoms with E-state index in [1.165, 1.54) is 0 Å². The van der Waals surface area contributed by atoms with Crippen molar-refractivity contribution in [2.75, 3.05) is 6.54 Å². The highest BCUT2D eigenvalue weighted by Crippen LogP contribution is 2.17. The number of nitrogens with zero attached hydrogens (tertiary/aromatic N) is 2. The number of hydrogen-bond acceptors (Lipinski definition) is 3. The predicted octanol–water partition coefficient (Wildman–Crippen LogP) is 2.10. The summed E-state index contributed by atoms with van der Waals surface area (Å²) in [6, 6.07) is 9.69. The third-order valence-corrected chi connectivity index (χ3v) is 3.26. The van der Waals surface area contributed by atoms with Gasteiger partial charge in [0.15, 0.2) is 0 Å². The second-order valence-electron chi connectivity index (χ2n) is 4.59. The van der Waals surface area contributed by atoms with Crippen LogP contribution >= 0.6 is 0 Å². The number of benzene rings is 1. The summed E-state index contributed by atoms with van der Waals surface area (Å²) in [6.07, 6.45) is 2.30. The van der Waals surface area contributed by atoms with Crippen molar-refractivity contribution < 1.29 is 9.53 Å². The zero-order valence-corrected chi connectivity index (χ0v) is 10.5. The van der Waals surface area contributed by atoms with Gasteiger partial charge >= 0.3 is 6.09 Å². The van der Waals surface area contributed by atoms with Crippen molar-refractivity contribution in [3.63, 3.8) is 0 Å². The largest absolute Gasteiger partial charge is 0.445 e. The lowest BCUT2D eigenvalue weighted by molar-refractivity contribution is 0.0918. The van der Waals surface area contributed by atoms with E-state index in [0.717, 1.165) is 23.2 Å².